The van der Waals surface area contributed by atoms with E-state index in [1.807, 2.05) is 42.5 Å². The maximum Gasteiger partial charge on any atom is 0.342 e. The van der Waals surface area contributed by atoms with E-state index in [9.17, 15) is 19.5 Å². The molecule has 2 N–H and O–H groups in total. The molecule has 0 aliphatic heterocycles. The fourth-order valence-corrected chi connectivity index (χ4v) is 3.02. The molecule has 30 heavy (non-hydrogen) atoms. The number of nitrogens with one attached hydrogen (secondary N) is 1. The SMILES string of the molecule is COC(=O)C(Cc1ccccc1)NC(=O)COC(=O)c1cc2ccccc2cc1O. The van der Waals surface area contributed by atoms with Gasteiger partial charge in [-0.25, -0.2) is 9.59 Å². The lowest BCUT2D eigenvalue weighted by Crippen LogP contribution is -2.44. The minimum absolute atomic E-state index is 0.0460. The first-order valence-electron chi connectivity index (χ1n) is 9.28. The van der Waals surface area contributed by atoms with Crippen LogP contribution < -0.4 is 5.32 Å². The van der Waals surface area contributed by atoms with Gasteiger partial charge in [0.15, 0.2) is 6.61 Å². The van der Waals surface area contributed by atoms with Gasteiger partial charge < -0.3 is 19.9 Å². The first kappa shape index (κ1) is 20.9. The normalized spacial score (nSPS) is 11.5. The van der Waals surface area contributed by atoms with Crippen LogP contribution in [-0.2, 0) is 25.5 Å². The van der Waals surface area contributed by atoms with E-state index >= 15 is 0 Å². The first-order valence-corrected chi connectivity index (χ1v) is 9.28. The molecule has 0 bridgehead atoms. The van der Waals surface area contributed by atoms with Crippen LogP contribution in [-0.4, -0.2) is 42.7 Å². The Hall–Kier alpha value is -3.87. The standard InChI is InChI=1S/C23H21NO6/c1-29-23(28)19(11-15-7-3-2-4-8-15)24-21(26)14-30-22(27)18-12-16-9-5-6-10-17(16)13-20(18)25/h2-10,12-13,19,25H,11,14H2,1H3,(H,24,26). The van der Waals surface area contributed by atoms with E-state index < -0.39 is 30.5 Å². The number of ether oxygens (including phenoxy) is 2. The lowest BCUT2D eigenvalue weighted by molar-refractivity contribution is -0.145. The van der Waals surface area contributed by atoms with E-state index in [1.165, 1.54) is 19.2 Å². The van der Waals surface area contributed by atoms with E-state index in [4.69, 9.17) is 9.47 Å². The number of methoxy groups -OCH3 is 1. The van der Waals surface area contributed by atoms with Gasteiger partial charge in [0.05, 0.1) is 7.11 Å². The van der Waals surface area contributed by atoms with Crippen LogP contribution in [0.3, 0.4) is 0 Å². The number of benzene rings is 3. The lowest BCUT2D eigenvalue weighted by Gasteiger charge is -2.16. The molecular weight excluding hydrogens is 386 g/mol. The number of phenols is 1. The van der Waals surface area contributed by atoms with Crippen molar-refractivity contribution in [1.82, 2.24) is 5.32 Å². The van der Waals surface area contributed by atoms with E-state index in [0.29, 0.717) is 0 Å². The van der Waals surface area contributed by atoms with Gasteiger partial charge >= 0.3 is 11.9 Å². The molecule has 3 aromatic carbocycles. The number of carbonyl (C=O) groups is 3. The van der Waals surface area contributed by atoms with Gasteiger partial charge in [-0.15, -0.1) is 0 Å². The molecule has 7 nitrogen and oxygen atoms in total. The minimum atomic E-state index is -0.919. The van der Waals surface area contributed by atoms with Crippen molar-refractivity contribution in [2.75, 3.05) is 13.7 Å². The monoisotopic (exact) mass is 407 g/mol. The number of rotatable bonds is 7. The number of amides is 1. The summed E-state index contributed by atoms with van der Waals surface area (Å²) in [6.07, 6.45) is 0.235. The molecule has 0 aliphatic rings. The molecule has 0 saturated carbocycles. The van der Waals surface area contributed by atoms with Crippen molar-refractivity contribution in [3.63, 3.8) is 0 Å². The number of hydrogen-bond acceptors (Lipinski definition) is 6. The van der Waals surface area contributed by atoms with Gasteiger partial charge in [-0.05, 0) is 28.5 Å². The zero-order valence-corrected chi connectivity index (χ0v) is 16.3. The summed E-state index contributed by atoms with van der Waals surface area (Å²) < 4.78 is 9.76. The second-order valence-corrected chi connectivity index (χ2v) is 6.63. The number of phenolic OH excluding ortho intramolecular Hbond substituents is 1. The predicted octanol–water partition coefficient (Wildman–Crippen LogP) is 2.60. The van der Waals surface area contributed by atoms with Gasteiger partial charge in [-0.3, -0.25) is 4.79 Å². The quantitative estimate of drug-likeness (QED) is 0.584. The first-order chi connectivity index (χ1) is 14.5. The second-order valence-electron chi connectivity index (χ2n) is 6.63. The molecule has 0 aromatic heterocycles. The number of fused-ring (bicyclic) bond motifs is 1. The Balaban J connectivity index is 1.63. The molecule has 3 rings (SSSR count). The van der Waals surface area contributed by atoms with Crippen LogP contribution >= 0.6 is 0 Å². The Morgan fingerprint density at radius 2 is 1.60 bits per heavy atom. The average molecular weight is 407 g/mol. The van der Waals surface area contributed by atoms with Crippen molar-refractivity contribution in [3.05, 3.63) is 77.9 Å². The molecule has 7 heteroatoms. The molecule has 154 valence electrons. The lowest BCUT2D eigenvalue weighted by atomic mass is 10.1. The zero-order chi connectivity index (χ0) is 21.5. The Labute approximate surface area is 173 Å². The third-order valence-electron chi connectivity index (χ3n) is 4.52. The summed E-state index contributed by atoms with van der Waals surface area (Å²) in [6.45, 7) is -0.604. The van der Waals surface area contributed by atoms with E-state index in [-0.39, 0.29) is 17.7 Å². The maximum absolute atomic E-state index is 12.3. The van der Waals surface area contributed by atoms with Gasteiger partial charge in [0, 0.05) is 6.42 Å². The van der Waals surface area contributed by atoms with Gasteiger partial charge in [-0.2, -0.15) is 0 Å². The smallest absolute Gasteiger partial charge is 0.342 e. The highest BCUT2D eigenvalue weighted by atomic mass is 16.5. The molecular formula is C23H21NO6. The third kappa shape index (κ3) is 5.14. The highest BCUT2D eigenvalue weighted by molar-refractivity contribution is 5.99. The summed E-state index contributed by atoms with van der Waals surface area (Å²) in [6, 6.07) is 18.4. The summed E-state index contributed by atoms with van der Waals surface area (Å²) in [4.78, 5) is 36.6. The van der Waals surface area contributed by atoms with Crippen molar-refractivity contribution in [2.24, 2.45) is 0 Å². The molecule has 1 amide bonds. The number of aromatic hydroxyl groups is 1. The Bertz CT molecular complexity index is 1060. The van der Waals surface area contributed by atoms with E-state index in [2.05, 4.69) is 5.32 Å². The zero-order valence-electron chi connectivity index (χ0n) is 16.3. The molecule has 0 heterocycles. The van der Waals surface area contributed by atoms with Crippen molar-refractivity contribution in [3.8, 4) is 5.75 Å². The molecule has 0 spiro atoms. The second kappa shape index (κ2) is 9.56. The van der Waals surface area contributed by atoms with Crippen molar-refractivity contribution < 1.29 is 29.0 Å². The van der Waals surface area contributed by atoms with Crippen molar-refractivity contribution in [1.29, 1.82) is 0 Å². The summed E-state index contributed by atoms with van der Waals surface area (Å²) in [5.74, 6) is -2.35. The highest BCUT2D eigenvalue weighted by Gasteiger charge is 2.23. The molecule has 0 fully saturated rings. The summed E-state index contributed by atoms with van der Waals surface area (Å²) in [5, 5.41) is 14.1. The number of esters is 2. The Morgan fingerprint density at radius 1 is 0.967 bits per heavy atom. The van der Waals surface area contributed by atoms with Crippen molar-refractivity contribution >= 4 is 28.6 Å². The van der Waals surface area contributed by atoms with Crippen LogP contribution in [0.1, 0.15) is 15.9 Å². The van der Waals surface area contributed by atoms with Gasteiger partial charge in [-0.1, -0.05) is 54.6 Å². The van der Waals surface area contributed by atoms with Gasteiger partial charge in [0.25, 0.3) is 5.91 Å². The topological polar surface area (TPSA) is 102 Å². The fourth-order valence-electron chi connectivity index (χ4n) is 3.02. The molecule has 3 aromatic rings. The number of hydrogen-bond donors (Lipinski definition) is 2. The largest absolute Gasteiger partial charge is 0.507 e. The van der Waals surface area contributed by atoms with Crippen molar-refractivity contribution in [2.45, 2.75) is 12.5 Å². The highest BCUT2D eigenvalue weighted by Crippen LogP contribution is 2.25. The molecule has 1 unspecified atom stereocenters. The Morgan fingerprint density at radius 3 is 2.27 bits per heavy atom. The fraction of sp³-hybridized carbons (Fsp3) is 0.174. The molecule has 0 saturated heterocycles. The van der Waals surface area contributed by atoms with Gasteiger partial charge in [0.2, 0.25) is 0 Å². The van der Waals surface area contributed by atoms with E-state index in [1.54, 1.807) is 12.1 Å². The van der Waals surface area contributed by atoms with Crippen LogP contribution in [0, 0.1) is 0 Å². The summed E-state index contributed by atoms with van der Waals surface area (Å²) in [7, 11) is 1.23. The minimum Gasteiger partial charge on any atom is -0.507 e. The predicted molar refractivity (Wildman–Crippen MR) is 110 cm³/mol. The van der Waals surface area contributed by atoms with Gasteiger partial charge in [0.1, 0.15) is 17.4 Å². The Kier molecular flexibility index (Phi) is 6.64. The summed E-state index contributed by atoms with van der Waals surface area (Å²) in [5.41, 5.74) is 0.793. The van der Waals surface area contributed by atoms with Crippen LogP contribution in [0.25, 0.3) is 10.8 Å². The van der Waals surface area contributed by atoms with Crippen LogP contribution in [0.2, 0.25) is 0 Å². The third-order valence-corrected chi connectivity index (χ3v) is 4.52. The van der Waals surface area contributed by atoms with E-state index in [0.717, 1.165) is 16.3 Å². The maximum atomic E-state index is 12.3. The number of carbonyl (C=O) groups excluding carboxylic acids is 3. The van der Waals surface area contributed by atoms with Crippen LogP contribution in [0.4, 0.5) is 0 Å². The molecule has 0 radical (unpaired) electrons. The molecule has 1 atom stereocenters. The van der Waals surface area contributed by atoms with Crippen LogP contribution in [0.15, 0.2) is 66.7 Å². The van der Waals surface area contributed by atoms with Crippen LogP contribution in [0.5, 0.6) is 5.75 Å². The molecule has 0 aliphatic carbocycles. The summed E-state index contributed by atoms with van der Waals surface area (Å²) >= 11 is 0. The average Bonchev–Trinajstić information content (AvgIpc) is 2.76.